The van der Waals surface area contributed by atoms with Crippen molar-refractivity contribution in [3.8, 4) is 0 Å². The van der Waals surface area contributed by atoms with E-state index in [2.05, 4.69) is 6.92 Å². The van der Waals surface area contributed by atoms with Crippen LogP contribution in [0.4, 0.5) is 0 Å². The second-order valence-corrected chi connectivity index (χ2v) is 2.62. The minimum absolute atomic E-state index is 0.708. The Hall–Kier alpha value is -0.660. The third-order valence-electron chi connectivity index (χ3n) is 1.33. The van der Waals surface area contributed by atoms with Gasteiger partial charge in [-0.15, -0.1) is 0 Å². The Morgan fingerprint density at radius 1 is 0.833 bits per heavy atom. The molecule has 0 radical (unpaired) electrons. The maximum absolute atomic E-state index is 9.68. The Labute approximate surface area is 75.4 Å². The van der Waals surface area contributed by atoms with E-state index in [1.807, 2.05) is 6.92 Å². The fraction of sp³-hybridized carbons (Fsp3) is 0.800. The van der Waals surface area contributed by atoms with Gasteiger partial charge < -0.3 is 9.59 Å². The predicted octanol–water partition coefficient (Wildman–Crippen LogP) is 2.75. The highest BCUT2D eigenvalue weighted by Gasteiger charge is 1.80. The minimum atomic E-state index is 0.708. The lowest BCUT2D eigenvalue weighted by Gasteiger charge is -1.85. The first-order valence-electron chi connectivity index (χ1n) is 4.70. The van der Waals surface area contributed by atoms with Crippen molar-refractivity contribution in [2.45, 2.75) is 52.4 Å². The highest BCUT2D eigenvalue weighted by Crippen LogP contribution is 1.94. The van der Waals surface area contributed by atoms with Crippen LogP contribution in [0.2, 0.25) is 0 Å². The Balaban J connectivity index is 0. The molecule has 0 fully saturated rings. The average Bonchev–Trinajstić information content (AvgIpc) is 2.08. The lowest BCUT2D eigenvalue weighted by Crippen LogP contribution is -1.73. The molecular weight excluding hydrogens is 152 g/mol. The van der Waals surface area contributed by atoms with E-state index < -0.39 is 0 Å². The molecule has 0 saturated carbocycles. The van der Waals surface area contributed by atoms with Gasteiger partial charge in [0.05, 0.1) is 0 Å². The molecule has 2 nitrogen and oxygen atoms in total. The first-order valence-corrected chi connectivity index (χ1v) is 4.70. The number of rotatable bonds is 6. The lowest BCUT2D eigenvalue weighted by atomic mass is 10.2. The van der Waals surface area contributed by atoms with E-state index in [-0.39, 0.29) is 0 Å². The first-order chi connectivity index (χ1) is 5.83. The van der Waals surface area contributed by atoms with E-state index in [0.717, 1.165) is 31.8 Å². The first kappa shape index (κ1) is 13.9. The molecule has 0 bridgehead atoms. The molecule has 0 aliphatic carbocycles. The molecule has 0 unspecified atom stereocenters. The average molecular weight is 172 g/mol. The summed E-state index contributed by atoms with van der Waals surface area (Å²) in [7, 11) is 0. The minimum Gasteiger partial charge on any atom is -0.303 e. The quantitative estimate of drug-likeness (QED) is 0.456. The summed E-state index contributed by atoms with van der Waals surface area (Å²) in [6, 6.07) is 0. The Bertz CT molecular complexity index is 89.8. The second kappa shape index (κ2) is 16.7. The van der Waals surface area contributed by atoms with Gasteiger partial charge >= 0.3 is 0 Å². The van der Waals surface area contributed by atoms with Crippen LogP contribution >= 0.6 is 0 Å². The van der Waals surface area contributed by atoms with Gasteiger partial charge in [-0.1, -0.05) is 26.7 Å². The molecule has 0 N–H and O–H groups in total. The smallest absolute Gasteiger partial charge is 0.119 e. The van der Waals surface area contributed by atoms with Gasteiger partial charge in [-0.2, -0.15) is 0 Å². The SMILES string of the molecule is CCCC=O.CCCCCC=O. The summed E-state index contributed by atoms with van der Waals surface area (Å²) in [6.07, 6.45) is 7.81. The maximum atomic E-state index is 9.68. The predicted molar refractivity (Wildman–Crippen MR) is 51.2 cm³/mol. The summed E-state index contributed by atoms with van der Waals surface area (Å²) in [5, 5.41) is 0. The van der Waals surface area contributed by atoms with Gasteiger partial charge in [0.25, 0.3) is 0 Å². The van der Waals surface area contributed by atoms with Gasteiger partial charge in [0.1, 0.15) is 12.6 Å². The molecule has 0 aliphatic heterocycles. The number of carbonyl (C=O) groups is 2. The van der Waals surface area contributed by atoms with Crippen molar-refractivity contribution in [1.29, 1.82) is 0 Å². The van der Waals surface area contributed by atoms with Crippen LogP contribution < -0.4 is 0 Å². The highest BCUT2D eigenvalue weighted by atomic mass is 16.1. The summed E-state index contributed by atoms with van der Waals surface area (Å²) in [4.78, 5) is 19.1. The third-order valence-corrected chi connectivity index (χ3v) is 1.33. The molecule has 0 atom stereocenters. The normalized spacial score (nSPS) is 8.17. The van der Waals surface area contributed by atoms with Crippen molar-refractivity contribution in [2.75, 3.05) is 0 Å². The second-order valence-electron chi connectivity index (χ2n) is 2.62. The molecule has 0 saturated heterocycles. The van der Waals surface area contributed by atoms with Crippen molar-refractivity contribution in [3.05, 3.63) is 0 Å². The number of carbonyl (C=O) groups excluding carboxylic acids is 2. The highest BCUT2D eigenvalue weighted by molar-refractivity contribution is 5.49. The van der Waals surface area contributed by atoms with Crippen LogP contribution in [0.3, 0.4) is 0 Å². The fourth-order valence-corrected chi connectivity index (χ4v) is 0.596. The zero-order chi connectivity index (χ0) is 9.66. The lowest BCUT2D eigenvalue weighted by molar-refractivity contribution is -0.108. The zero-order valence-corrected chi connectivity index (χ0v) is 8.21. The molecule has 0 aromatic heterocycles. The molecular formula is C10H20O2. The van der Waals surface area contributed by atoms with Crippen molar-refractivity contribution in [1.82, 2.24) is 0 Å². The van der Waals surface area contributed by atoms with Gasteiger partial charge in [0, 0.05) is 12.8 Å². The van der Waals surface area contributed by atoms with Gasteiger partial charge in [-0.3, -0.25) is 0 Å². The van der Waals surface area contributed by atoms with Crippen molar-refractivity contribution >= 4 is 12.6 Å². The molecule has 2 heteroatoms. The summed E-state index contributed by atoms with van der Waals surface area (Å²) in [5.74, 6) is 0. The topological polar surface area (TPSA) is 34.1 Å². The summed E-state index contributed by atoms with van der Waals surface area (Å²) in [6.45, 7) is 4.11. The molecule has 0 aliphatic rings. The Kier molecular flexibility index (Phi) is 19.4. The van der Waals surface area contributed by atoms with Crippen molar-refractivity contribution in [2.24, 2.45) is 0 Å². The molecule has 0 rings (SSSR count). The molecule has 72 valence electrons. The van der Waals surface area contributed by atoms with Crippen LogP contribution in [-0.2, 0) is 9.59 Å². The molecule has 0 amide bonds. The van der Waals surface area contributed by atoms with E-state index in [0.29, 0.717) is 6.42 Å². The van der Waals surface area contributed by atoms with E-state index in [1.54, 1.807) is 0 Å². The fourth-order valence-electron chi connectivity index (χ4n) is 0.596. The molecule has 12 heavy (non-hydrogen) atoms. The van der Waals surface area contributed by atoms with E-state index in [1.165, 1.54) is 12.8 Å². The van der Waals surface area contributed by atoms with Crippen LogP contribution in [0.5, 0.6) is 0 Å². The molecule has 0 spiro atoms. The van der Waals surface area contributed by atoms with Gasteiger partial charge in [-0.05, 0) is 12.8 Å². The van der Waals surface area contributed by atoms with Gasteiger partial charge in [0.2, 0.25) is 0 Å². The van der Waals surface area contributed by atoms with Crippen molar-refractivity contribution < 1.29 is 9.59 Å². The van der Waals surface area contributed by atoms with Crippen LogP contribution in [0.1, 0.15) is 52.4 Å². The monoisotopic (exact) mass is 172 g/mol. The number of hydrogen-bond donors (Lipinski definition) is 0. The Morgan fingerprint density at radius 3 is 1.67 bits per heavy atom. The largest absolute Gasteiger partial charge is 0.303 e. The van der Waals surface area contributed by atoms with Gasteiger partial charge in [-0.25, -0.2) is 0 Å². The molecule has 0 heterocycles. The number of unbranched alkanes of at least 4 members (excludes halogenated alkanes) is 4. The number of hydrogen-bond acceptors (Lipinski definition) is 2. The summed E-state index contributed by atoms with van der Waals surface area (Å²) < 4.78 is 0. The number of aldehydes is 2. The standard InChI is InChI=1S/C6H12O.C4H8O/c1-2-3-4-5-6-7;1-2-3-4-5/h6H,2-5H2,1H3;4H,2-3H2,1H3. The summed E-state index contributed by atoms with van der Waals surface area (Å²) in [5.41, 5.74) is 0. The van der Waals surface area contributed by atoms with Crippen molar-refractivity contribution in [3.63, 3.8) is 0 Å². The molecule has 0 aromatic rings. The maximum Gasteiger partial charge on any atom is 0.119 e. The van der Waals surface area contributed by atoms with E-state index in [9.17, 15) is 9.59 Å². The van der Waals surface area contributed by atoms with E-state index >= 15 is 0 Å². The Morgan fingerprint density at radius 2 is 1.42 bits per heavy atom. The van der Waals surface area contributed by atoms with Gasteiger partial charge in [0.15, 0.2) is 0 Å². The van der Waals surface area contributed by atoms with Crippen LogP contribution in [0.25, 0.3) is 0 Å². The van der Waals surface area contributed by atoms with E-state index in [4.69, 9.17) is 0 Å². The van der Waals surface area contributed by atoms with Crippen LogP contribution in [0, 0.1) is 0 Å². The molecule has 0 aromatic carbocycles. The third kappa shape index (κ3) is 22.8. The van der Waals surface area contributed by atoms with Crippen LogP contribution in [-0.4, -0.2) is 12.6 Å². The summed E-state index contributed by atoms with van der Waals surface area (Å²) >= 11 is 0. The van der Waals surface area contributed by atoms with Crippen LogP contribution in [0.15, 0.2) is 0 Å². The zero-order valence-electron chi connectivity index (χ0n) is 8.21.